The maximum Gasteiger partial charge on any atom is 0.339 e. The average molecular weight is 397 g/mol. The largest absolute Gasteiger partial charge is 0.452 e. The number of pyridine rings is 1. The molecule has 1 N–H and O–H groups in total. The van der Waals surface area contributed by atoms with Crippen molar-refractivity contribution < 1.29 is 14.3 Å². The SMILES string of the molecule is CC(C)c1cc(C(=O)OCC(=O)N[C@@](C)(C#N)C2CC2)c2cnn(C(C)C)c2n1. The molecule has 2 heterocycles. The molecule has 1 atom stereocenters. The van der Waals surface area contributed by atoms with Gasteiger partial charge in [-0.05, 0) is 51.5 Å². The van der Waals surface area contributed by atoms with Crippen LogP contribution in [0.25, 0.3) is 11.0 Å². The van der Waals surface area contributed by atoms with E-state index in [1.165, 1.54) is 0 Å². The molecule has 0 aliphatic heterocycles. The topological polar surface area (TPSA) is 110 Å². The van der Waals surface area contributed by atoms with Gasteiger partial charge in [-0.2, -0.15) is 10.4 Å². The van der Waals surface area contributed by atoms with Gasteiger partial charge in [0.15, 0.2) is 12.3 Å². The van der Waals surface area contributed by atoms with Crippen LogP contribution in [0.15, 0.2) is 12.3 Å². The molecule has 0 radical (unpaired) electrons. The minimum atomic E-state index is -0.920. The van der Waals surface area contributed by atoms with E-state index in [4.69, 9.17) is 4.74 Å². The molecule has 154 valence electrons. The minimum Gasteiger partial charge on any atom is -0.452 e. The summed E-state index contributed by atoms with van der Waals surface area (Å²) in [4.78, 5) is 29.7. The Bertz CT molecular complexity index is 984. The van der Waals surface area contributed by atoms with Crippen LogP contribution in [0.3, 0.4) is 0 Å². The summed E-state index contributed by atoms with van der Waals surface area (Å²) in [6, 6.07) is 3.94. The molecule has 1 saturated carbocycles. The second-order valence-electron chi connectivity index (χ2n) is 8.38. The highest BCUT2D eigenvalue weighted by molar-refractivity contribution is 6.03. The fraction of sp³-hybridized carbons (Fsp3) is 0.571. The molecular weight excluding hydrogens is 370 g/mol. The van der Waals surface area contributed by atoms with E-state index in [0.29, 0.717) is 16.6 Å². The number of hydrogen-bond acceptors (Lipinski definition) is 6. The van der Waals surface area contributed by atoms with Gasteiger partial charge in [0.1, 0.15) is 5.54 Å². The summed E-state index contributed by atoms with van der Waals surface area (Å²) in [6.07, 6.45) is 3.43. The second kappa shape index (κ2) is 7.82. The predicted molar refractivity (Wildman–Crippen MR) is 107 cm³/mol. The summed E-state index contributed by atoms with van der Waals surface area (Å²) in [7, 11) is 0. The van der Waals surface area contributed by atoms with Crippen molar-refractivity contribution in [3.05, 3.63) is 23.5 Å². The van der Waals surface area contributed by atoms with Crippen LogP contribution in [0, 0.1) is 17.2 Å². The Kier molecular flexibility index (Phi) is 5.60. The van der Waals surface area contributed by atoms with E-state index in [1.807, 2.05) is 27.7 Å². The van der Waals surface area contributed by atoms with Crippen LogP contribution in [-0.2, 0) is 9.53 Å². The predicted octanol–water partition coefficient (Wildman–Crippen LogP) is 3.10. The highest BCUT2D eigenvalue weighted by atomic mass is 16.5. The third-order valence-electron chi connectivity index (χ3n) is 5.25. The molecule has 29 heavy (non-hydrogen) atoms. The van der Waals surface area contributed by atoms with Gasteiger partial charge in [-0.25, -0.2) is 14.5 Å². The highest BCUT2D eigenvalue weighted by Crippen LogP contribution is 2.39. The van der Waals surface area contributed by atoms with Crippen molar-refractivity contribution in [3.8, 4) is 6.07 Å². The quantitative estimate of drug-likeness (QED) is 0.719. The number of ether oxygens (including phenoxy) is 1. The zero-order chi connectivity index (χ0) is 21.3. The molecular formula is C21H27N5O3. The van der Waals surface area contributed by atoms with Crippen LogP contribution in [0.5, 0.6) is 0 Å². The molecule has 0 saturated heterocycles. The molecule has 1 aliphatic rings. The van der Waals surface area contributed by atoms with Crippen LogP contribution in [0.2, 0.25) is 0 Å². The van der Waals surface area contributed by atoms with Crippen molar-refractivity contribution in [2.24, 2.45) is 5.92 Å². The number of fused-ring (bicyclic) bond motifs is 1. The summed E-state index contributed by atoms with van der Waals surface area (Å²) in [5.41, 5.74) is 0.788. The maximum absolute atomic E-state index is 12.8. The molecule has 0 aromatic carbocycles. The van der Waals surface area contributed by atoms with E-state index >= 15 is 0 Å². The number of esters is 1. The Hall–Kier alpha value is -2.95. The summed E-state index contributed by atoms with van der Waals surface area (Å²) in [5, 5.41) is 17.0. The number of nitrogens with zero attached hydrogens (tertiary/aromatic N) is 4. The first-order valence-electron chi connectivity index (χ1n) is 9.93. The smallest absolute Gasteiger partial charge is 0.339 e. The van der Waals surface area contributed by atoms with Crippen LogP contribution in [-0.4, -0.2) is 38.8 Å². The molecule has 2 aromatic rings. The van der Waals surface area contributed by atoms with E-state index < -0.39 is 24.0 Å². The van der Waals surface area contributed by atoms with Gasteiger partial charge in [-0.15, -0.1) is 0 Å². The van der Waals surface area contributed by atoms with Crippen LogP contribution < -0.4 is 5.32 Å². The third-order valence-corrected chi connectivity index (χ3v) is 5.25. The lowest BCUT2D eigenvalue weighted by Crippen LogP contribution is -2.48. The van der Waals surface area contributed by atoms with Crippen LogP contribution in [0.1, 0.15) is 75.5 Å². The highest BCUT2D eigenvalue weighted by Gasteiger charge is 2.43. The van der Waals surface area contributed by atoms with Crippen LogP contribution in [0.4, 0.5) is 0 Å². The maximum atomic E-state index is 12.8. The molecule has 1 fully saturated rings. The van der Waals surface area contributed by atoms with E-state index in [2.05, 4.69) is 21.5 Å². The van der Waals surface area contributed by atoms with Crippen molar-refractivity contribution >= 4 is 22.9 Å². The van der Waals surface area contributed by atoms with E-state index in [9.17, 15) is 14.9 Å². The lowest BCUT2D eigenvalue weighted by molar-refractivity contribution is -0.125. The molecule has 0 bridgehead atoms. The van der Waals surface area contributed by atoms with Gasteiger partial charge in [0.05, 0.1) is 23.2 Å². The standard InChI is InChI=1S/C21H27N5O3/c1-12(2)17-8-15(16-9-23-26(13(3)4)19(16)24-17)20(28)29-10-18(27)25-21(5,11-22)14-6-7-14/h8-9,12-14H,6-7,10H2,1-5H3,(H,25,27)/t21-/m0/s1. The van der Waals surface area contributed by atoms with E-state index in [-0.39, 0.29) is 17.9 Å². The zero-order valence-electron chi connectivity index (χ0n) is 17.5. The second-order valence-corrected chi connectivity index (χ2v) is 8.38. The van der Waals surface area contributed by atoms with Crippen molar-refractivity contribution in [2.75, 3.05) is 6.61 Å². The van der Waals surface area contributed by atoms with Crippen molar-refractivity contribution in [3.63, 3.8) is 0 Å². The molecule has 0 spiro atoms. The monoisotopic (exact) mass is 397 g/mol. The zero-order valence-corrected chi connectivity index (χ0v) is 17.5. The van der Waals surface area contributed by atoms with E-state index in [1.54, 1.807) is 23.9 Å². The Morgan fingerprint density at radius 1 is 1.38 bits per heavy atom. The number of nitrogens with one attached hydrogen (secondary N) is 1. The summed E-state index contributed by atoms with van der Waals surface area (Å²) < 4.78 is 7.03. The average Bonchev–Trinajstić information content (AvgIpc) is 3.44. The summed E-state index contributed by atoms with van der Waals surface area (Å²) in [6.45, 7) is 9.23. The molecule has 1 amide bonds. The van der Waals surface area contributed by atoms with Gasteiger partial charge in [-0.3, -0.25) is 4.79 Å². The summed E-state index contributed by atoms with van der Waals surface area (Å²) >= 11 is 0. The van der Waals surface area contributed by atoms with Gasteiger partial charge in [0.2, 0.25) is 0 Å². The van der Waals surface area contributed by atoms with Crippen molar-refractivity contribution in [2.45, 2.75) is 65.0 Å². The number of rotatable bonds is 7. The lowest BCUT2D eigenvalue weighted by atomic mass is 9.98. The first kappa shape index (κ1) is 20.8. The van der Waals surface area contributed by atoms with Gasteiger partial charge >= 0.3 is 5.97 Å². The Balaban J connectivity index is 1.80. The fourth-order valence-electron chi connectivity index (χ4n) is 3.30. The van der Waals surface area contributed by atoms with E-state index in [0.717, 1.165) is 18.5 Å². The van der Waals surface area contributed by atoms with Crippen molar-refractivity contribution in [1.82, 2.24) is 20.1 Å². The summed E-state index contributed by atoms with van der Waals surface area (Å²) in [5.74, 6) is -0.827. The number of carbonyl (C=O) groups is 2. The first-order chi connectivity index (χ1) is 13.7. The Labute approximate surface area is 170 Å². The number of hydrogen-bond donors (Lipinski definition) is 1. The molecule has 1 aliphatic carbocycles. The van der Waals surface area contributed by atoms with Gasteiger partial charge < -0.3 is 10.1 Å². The van der Waals surface area contributed by atoms with Gasteiger partial charge in [-0.1, -0.05) is 13.8 Å². The minimum absolute atomic E-state index is 0.0862. The van der Waals surface area contributed by atoms with Gasteiger partial charge in [0, 0.05) is 11.7 Å². The number of carbonyl (C=O) groups excluding carboxylic acids is 2. The van der Waals surface area contributed by atoms with Crippen LogP contribution >= 0.6 is 0 Å². The normalized spacial score (nSPS) is 15.9. The number of nitriles is 1. The van der Waals surface area contributed by atoms with Crippen molar-refractivity contribution in [1.29, 1.82) is 5.26 Å². The number of amides is 1. The molecule has 2 aromatic heterocycles. The molecule has 3 rings (SSSR count). The Morgan fingerprint density at radius 3 is 2.62 bits per heavy atom. The number of aromatic nitrogens is 3. The van der Waals surface area contributed by atoms with Gasteiger partial charge in [0.25, 0.3) is 5.91 Å². The molecule has 8 heteroatoms. The first-order valence-corrected chi connectivity index (χ1v) is 9.93. The molecule has 0 unspecified atom stereocenters. The lowest BCUT2D eigenvalue weighted by Gasteiger charge is -2.22. The fourth-order valence-corrected chi connectivity index (χ4v) is 3.30. The Morgan fingerprint density at radius 2 is 2.07 bits per heavy atom. The molecule has 8 nitrogen and oxygen atoms in total. The third kappa shape index (κ3) is 4.24.